The SMILES string of the molecule is c1ccc(-c2cc(-c3cccc(-c4c5ccccc5c(-c5cccc(-c6ccc7cccnc7c6)c5)c5ccccc45)c3)c(-c3ccccc3)c(-c3ccccc3)c2-c2ccccc2)cc1. The molecule has 1 heteroatoms. The van der Waals surface area contributed by atoms with Crippen LogP contribution in [0.25, 0.3) is 121 Å². The van der Waals surface area contributed by atoms with E-state index in [0.717, 1.165) is 22.0 Å². The van der Waals surface area contributed by atoms with Crippen LogP contribution < -0.4 is 0 Å². The molecule has 0 aliphatic heterocycles. The maximum Gasteiger partial charge on any atom is 0.0708 e. The second kappa shape index (κ2) is 16.8. The van der Waals surface area contributed by atoms with Gasteiger partial charge in [-0.05, 0) is 141 Å². The standard InChI is InChI=1S/C65H43N/c1-5-20-44(21-6-1)58-43-59(64(47-24-9-3-10-25-47)65(48-26-11-4-12-27-48)63(58)46-22-7-2-8-23-46)51-29-18-31-53(41-51)62-56-35-15-13-33-54(56)61(55-34-14-16-36-57(55)62)52-30-17-28-49(40-52)50-38-37-45-32-19-39-66-60(45)42-50/h1-43H. The molecule has 0 bridgehead atoms. The van der Waals surface area contributed by atoms with Gasteiger partial charge >= 0.3 is 0 Å². The minimum atomic E-state index is 0.999. The minimum Gasteiger partial charge on any atom is -0.256 e. The predicted molar refractivity (Wildman–Crippen MR) is 280 cm³/mol. The summed E-state index contributed by atoms with van der Waals surface area (Å²) >= 11 is 0. The molecule has 1 nitrogen and oxygen atoms in total. The van der Waals surface area contributed by atoms with Gasteiger partial charge in [-0.25, -0.2) is 0 Å². The zero-order valence-corrected chi connectivity index (χ0v) is 36.3. The maximum absolute atomic E-state index is 4.67. The first-order valence-electron chi connectivity index (χ1n) is 22.7. The number of nitrogens with zero attached hydrogens (tertiary/aromatic N) is 1. The fourth-order valence-corrected chi connectivity index (χ4v) is 10.2. The molecule has 0 aliphatic carbocycles. The number of hydrogen-bond acceptors (Lipinski definition) is 1. The molecule has 0 saturated carbocycles. The molecule has 308 valence electrons. The quantitative estimate of drug-likeness (QED) is 0.139. The molecule has 0 saturated heterocycles. The zero-order valence-electron chi connectivity index (χ0n) is 36.3. The minimum absolute atomic E-state index is 0.999. The summed E-state index contributed by atoms with van der Waals surface area (Å²) in [6, 6.07) is 93.0. The molecule has 12 rings (SSSR count). The van der Waals surface area contributed by atoms with Gasteiger partial charge in [-0.2, -0.15) is 0 Å². The third-order valence-corrected chi connectivity index (χ3v) is 13.1. The molecular formula is C65H43N. The zero-order chi connectivity index (χ0) is 43.8. The largest absolute Gasteiger partial charge is 0.256 e. The van der Waals surface area contributed by atoms with Crippen molar-refractivity contribution in [2.24, 2.45) is 0 Å². The van der Waals surface area contributed by atoms with Crippen LogP contribution in [0.15, 0.2) is 261 Å². The van der Waals surface area contributed by atoms with E-state index in [0.29, 0.717) is 0 Å². The summed E-state index contributed by atoms with van der Waals surface area (Å²) in [5.74, 6) is 0. The lowest BCUT2D eigenvalue weighted by Gasteiger charge is -2.25. The maximum atomic E-state index is 4.67. The van der Waals surface area contributed by atoms with Crippen molar-refractivity contribution >= 4 is 32.4 Å². The highest BCUT2D eigenvalue weighted by Crippen LogP contribution is 2.51. The van der Waals surface area contributed by atoms with Crippen LogP contribution in [0.5, 0.6) is 0 Å². The fraction of sp³-hybridized carbons (Fsp3) is 0. The van der Waals surface area contributed by atoms with Gasteiger partial charge in [-0.1, -0.05) is 224 Å². The van der Waals surface area contributed by atoms with Crippen LogP contribution in [0.1, 0.15) is 0 Å². The number of fused-ring (bicyclic) bond motifs is 3. The van der Waals surface area contributed by atoms with Crippen molar-refractivity contribution in [3.8, 4) is 89.0 Å². The first kappa shape index (κ1) is 39.0. The van der Waals surface area contributed by atoms with E-state index in [2.05, 4.69) is 254 Å². The van der Waals surface area contributed by atoms with Gasteiger partial charge in [0.05, 0.1) is 5.52 Å². The van der Waals surface area contributed by atoms with Crippen molar-refractivity contribution in [1.29, 1.82) is 0 Å². The molecule has 0 radical (unpaired) electrons. The summed E-state index contributed by atoms with van der Waals surface area (Å²) in [5.41, 5.74) is 20.1. The smallest absolute Gasteiger partial charge is 0.0708 e. The molecule has 1 heterocycles. The summed E-state index contributed by atoms with van der Waals surface area (Å²) in [6.07, 6.45) is 1.87. The van der Waals surface area contributed by atoms with Crippen LogP contribution in [-0.2, 0) is 0 Å². The van der Waals surface area contributed by atoms with Gasteiger partial charge < -0.3 is 0 Å². The highest BCUT2D eigenvalue weighted by Gasteiger charge is 2.24. The number of aromatic nitrogens is 1. The highest BCUT2D eigenvalue weighted by molar-refractivity contribution is 6.22. The predicted octanol–water partition coefficient (Wildman–Crippen LogP) is 17.9. The van der Waals surface area contributed by atoms with E-state index in [1.807, 2.05) is 12.3 Å². The van der Waals surface area contributed by atoms with Gasteiger partial charge in [0.1, 0.15) is 0 Å². The lowest BCUT2D eigenvalue weighted by atomic mass is 9.78. The molecule has 0 unspecified atom stereocenters. The van der Waals surface area contributed by atoms with Gasteiger partial charge in [0.25, 0.3) is 0 Å². The van der Waals surface area contributed by atoms with Crippen molar-refractivity contribution in [3.05, 3.63) is 261 Å². The van der Waals surface area contributed by atoms with E-state index in [1.54, 1.807) is 0 Å². The highest BCUT2D eigenvalue weighted by atomic mass is 14.6. The molecule has 1 aromatic heterocycles. The van der Waals surface area contributed by atoms with E-state index in [1.165, 1.54) is 99.4 Å². The second-order valence-corrected chi connectivity index (χ2v) is 17.0. The van der Waals surface area contributed by atoms with Gasteiger partial charge in [-0.15, -0.1) is 0 Å². The Morgan fingerprint density at radius 3 is 1.14 bits per heavy atom. The average Bonchev–Trinajstić information content (AvgIpc) is 3.40. The number of pyridine rings is 1. The van der Waals surface area contributed by atoms with Crippen molar-refractivity contribution in [2.45, 2.75) is 0 Å². The Labute approximate surface area is 385 Å². The van der Waals surface area contributed by atoms with Crippen molar-refractivity contribution in [1.82, 2.24) is 4.98 Å². The normalized spacial score (nSPS) is 11.3. The number of benzene rings is 11. The van der Waals surface area contributed by atoms with E-state index in [-0.39, 0.29) is 0 Å². The molecular weight excluding hydrogens is 795 g/mol. The Morgan fingerprint density at radius 1 is 0.212 bits per heavy atom. The van der Waals surface area contributed by atoms with Gasteiger partial charge in [0, 0.05) is 11.6 Å². The van der Waals surface area contributed by atoms with Crippen molar-refractivity contribution < 1.29 is 0 Å². The number of hydrogen-bond donors (Lipinski definition) is 0. The fourth-order valence-electron chi connectivity index (χ4n) is 10.2. The summed E-state index contributed by atoms with van der Waals surface area (Å²) in [7, 11) is 0. The van der Waals surface area contributed by atoms with E-state index < -0.39 is 0 Å². The van der Waals surface area contributed by atoms with Crippen LogP contribution in [0.4, 0.5) is 0 Å². The lowest BCUT2D eigenvalue weighted by Crippen LogP contribution is -1.98. The molecule has 66 heavy (non-hydrogen) atoms. The summed E-state index contributed by atoms with van der Waals surface area (Å²) in [4.78, 5) is 4.67. The molecule has 12 aromatic rings. The molecule has 11 aromatic carbocycles. The van der Waals surface area contributed by atoms with Gasteiger partial charge in [0.15, 0.2) is 0 Å². The van der Waals surface area contributed by atoms with E-state index >= 15 is 0 Å². The van der Waals surface area contributed by atoms with E-state index in [9.17, 15) is 0 Å². The monoisotopic (exact) mass is 837 g/mol. The van der Waals surface area contributed by atoms with Crippen LogP contribution in [0.3, 0.4) is 0 Å². The molecule has 0 aliphatic rings. The Kier molecular flexibility index (Phi) is 9.93. The first-order valence-corrected chi connectivity index (χ1v) is 22.7. The average molecular weight is 838 g/mol. The Balaban J connectivity index is 1.11. The molecule has 0 fully saturated rings. The Hall–Kier alpha value is -8.65. The Morgan fingerprint density at radius 2 is 0.606 bits per heavy atom. The van der Waals surface area contributed by atoms with Crippen molar-refractivity contribution in [2.75, 3.05) is 0 Å². The van der Waals surface area contributed by atoms with E-state index in [4.69, 9.17) is 0 Å². The third-order valence-electron chi connectivity index (χ3n) is 13.1. The van der Waals surface area contributed by atoms with Crippen LogP contribution in [0.2, 0.25) is 0 Å². The molecule has 0 atom stereocenters. The first-order chi connectivity index (χ1) is 32.8. The van der Waals surface area contributed by atoms with Gasteiger partial charge in [-0.3, -0.25) is 4.98 Å². The number of rotatable bonds is 8. The van der Waals surface area contributed by atoms with Gasteiger partial charge in [0.2, 0.25) is 0 Å². The van der Waals surface area contributed by atoms with Crippen LogP contribution in [0, 0.1) is 0 Å². The topological polar surface area (TPSA) is 12.9 Å². The lowest BCUT2D eigenvalue weighted by molar-refractivity contribution is 1.41. The van der Waals surface area contributed by atoms with Crippen LogP contribution in [-0.4, -0.2) is 4.98 Å². The summed E-state index contributed by atoms with van der Waals surface area (Å²) < 4.78 is 0. The molecule has 0 spiro atoms. The molecule has 0 amide bonds. The Bertz CT molecular complexity index is 3670. The molecule has 0 N–H and O–H groups in total. The second-order valence-electron chi connectivity index (χ2n) is 17.0. The third kappa shape index (κ3) is 6.95. The summed E-state index contributed by atoms with van der Waals surface area (Å²) in [6.45, 7) is 0. The van der Waals surface area contributed by atoms with Crippen LogP contribution >= 0.6 is 0 Å². The summed E-state index contributed by atoms with van der Waals surface area (Å²) in [5, 5.41) is 6.04. The van der Waals surface area contributed by atoms with Crippen molar-refractivity contribution in [3.63, 3.8) is 0 Å².